The van der Waals surface area contributed by atoms with Crippen LogP contribution in [0.25, 0.3) is 10.9 Å². The highest BCUT2D eigenvalue weighted by atomic mass is 16.3. The molecule has 2 amide bonds. The van der Waals surface area contributed by atoms with Crippen LogP contribution >= 0.6 is 0 Å². The highest BCUT2D eigenvalue weighted by Gasteiger charge is 2.37. The molecule has 0 fully saturated rings. The van der Waals surface area contributed by atoms with Crippen LogP contribution in [0.1, 0.15) is 15.3 Å². The number of rotatable bonds is 0. The van der Waals surface area contributed by atoms with Crippen LogP contribution in [0.3, 0.4) is 0 Å². The SMILES string of the molecule is CN1C(=O)C(=O)n2c(cc3cccc(O)c32)C1=O. The van der Waals surface area contributed by atoms with Crippen molar-refractivity contribution >= 4 is 28.6 Å². The summed E-state index contributed by atoms with van der Waals surface area (Å²) in [4.78, 5) is 36.2. The van der Waals surface area contributed by atoms with Gasteiger partial charge < -0.3 is 5.11 Å². The number of imide groups is 1. The van der Waals surface area contributed by atoms with Gasteiger partial charge in [0.15, 0.2) is 0 Å². The standard InChI is InChI=1S/C12H8N2O4/c1-13-10(16)7-5-6-3-2-4-8(15)9(6)14(7)12(18)11(13)17/h2-5,15H,1H3. The Morgan fingerprint density at radius 1 is 1.06 bits per heavy atom. The van der Waals surface area contributed by atoms with Gasteiger partial charge in [-0.1, -0.05) is 12.1 Å². The summed E-state index contributed by atoms with van der Waals surface area (Å²) in [6, 6.07) is 6.14. The number of fused-ring (bicyclic) bond motifs is 3. The van der Waals surface area contributed by atoms with Crippen molar-refractivity contribution in [1.29, 1.82) is 0 Å². The van der Waals surface area contributed by atoms with Crippen molar-refractivity contribution in [2.45, 2.75) is 0 Å². The quantitative estimate of drug-likeness (QED) is 0.543. The molecule has 18 heavy (non-hydrogen) atoms. The highest BCUT2D eigenvalue weighted by molar-refractivity contribution is 6.43. The second kappa shape index (κ2) is 3.19. The summed E-state index contributed by atoms with van der Waals surface area (Å²) < 4.78 is 0.968. The monoisotopic (exact) mass is 244 g/mol. The van der Waals surface area contributed by atoms with Gasteiger partial charge in [-0.2, -0.15) is 0 Å². The summed E-state index contributed by atoms with van der Waals surface area (Å²) in [6.07, 6.45) is 0. The number of aromatic hydroxyl groups is 1. The van der Waals surface area contributed by atoms with Gasteiger partial charge in [-0.25, -0.2) is 0 Å². The van der Waals surface area contributed by atoms with E-state index in [1.807, 2.05) is 0 Å². The highest BCUT2D eigenvalue weighted by Crippen LogP contribution is 2.30. The molecule has 3 rings (SSSR count). The molecule has 6 heteroatoms. The molecule has 0 unspecified atom stereocenters. The zero-order valence-electron chi connectivity index (χ0n) is 9.38. The van der Waals surface area contributed by atoms with Gasteiger partial charge in [-0.05, 0) is 12.1 Å². The predicted octanol–water partition coefficient (Wildman–Crippen LogP) is 0.599. The second-order valence-electron chi connectivity index (χ2n) is 4.05. The minimum absolute atomic E-state index is 0.0820. The number of amides is 2. The number of carbonyl (C=O) groups is 3. The Hall–Kier alpha value is -2.63. The molecular weight excluding hydrogens is 236 g/mol. The van der Waals surface area contributed by atoms with Gasteiger partial charge in [0.1, 0.15) is 11.4 Å². The van der Waals surface area contributed by atoms with E-state index in [0.717, 1.165) is 9.47 Å². The van der Waals surface area contributed by atoms with E-state index in [2.05, 4.69) is 0 Å². The van der Waals surface area contributed by atoms with E-state index < -0.39 is 17.7 Å². The maximum absolute atomic E-state index is 11.9. The first-order valence-corrected chi connectivity index (χ1v) is 5.22. The van der Waals surface area contributed by atoms with Crippen LogP contribution in [0.2, 0.25) is 0 Å². The zero-order valence-corrected chi connectivity index (χ0v) is 9.38. The number of phenolic OH excluding ortho intramolecular Hbond substituents is 1. The fraction of sp³-hybridized carbons (Fsp3) is 0.0833. The summed E-state index contributed by atoms with van der Waals surface area (Å²) in [5.74, 6) is -2.45. The van der Waals surface area contributed by atoms with Crippen molar-refractivity contribution < 1.29 is 19.5 Å². The molecule has 1 aromatic heterocycles. The maximum Gasteiger partial charge on any atom is 0.321 e. The van der Waals surface area contributed by atoms with Crippen molar-refractivity contribution in [3.05, 3.63) is 30.0 Å². The number of aromatic nitrogens is 1. The largest absolute Gasteiger partial charge is 0.506 e. The van der Waals surface area contributed by atoms with E-state index >= 15 is 0 Å². The Morgan fingerprint density at radius 2 is 1.78 bits per heavy atom. The van der Waals surface area contributed by atoms with Gasteiger partial charge in [-0.15, -0.1) is 0 Å². The third-order valence-corrected chi connectivity index (χ3v) is 3.02. The lowest BCUT2D eigenvalue weighted by molar-refractivity contribution is -0.124. The number of hydrogen-bond donors (Lipinski definition) is 1. The number of para-hydroxylation sites is 1. The summed E-state index contributed by atoms with van der Waals surface area (Å²) in [5, 5.41) is 10.3. The molecule has 1 N–H and O–H groups in total. The van der Waals surface area contributed by atoms with Crippen molar-refractivity contribution in [2.75, 3.05) is 7.05 Å². The Bertz CT molecular complexity index is 729. The second-order valence-corrected chi connectivity index (χ2v) is 4.05. The first-order valence-electron chi connectivity index (χ1n) is 5.22. The fourth-order valence-electron chi connectivity index (χ4n) is 2.11. The third kappa shape index (κ3) is 1.09. The first-order chi connectivity index (χ1) is 8.52. The number of phenols is 1. The van der Waals surface area contributed by atoms with E-state index in [1.165, 1.54) is 19.2 Å². The molecule has 1 aromatic carbocycles. The summed E-state index contributed by atoms with van der Waals surface area (Å²) in [7, 11) is 1.25. The van der Waals surface area contributed by atoms with Crippen LogP contribution in [0.5, 0.6) is 5.75 Å². The molecule has 0 spiro atoms. The minimum Gasteiger partial charge on any atom is -0.506 e. The van der Waals surface area contributed by atoms with Gasteiger partial charge in [0.25, 0.3) is 5.91 Å². The van der Waals surface area contributed by atoms with Gasteiger partial charge in [0.2, 0.25) is 0 Å². The van der Waals surface area contributed by atoms with Crippen LogP contribution < -0.4 is 0 Å². The molecule has 2 heterocycles. The lowest BCUT2D eigenvalue weighted by Crippen LogP contribution is -2.46. The summed E-state index contributed by atoms with van der Waals surface area (Å²) >= 11 is 0. The maximum atomic E-state index is 11.9. The average Bonchev–Trinajstić information content (AvgIpc) is 2.75. The van der Waals surface area contributed by atoms with E-state index in [0.29, 0.717) is 5.39 Å². The van der Waals surface area contributed by atoms with Gasteiger partial charge in [0, 0.05) is 12.4 Å². The number of carbonyl (C=O) groups excluding carboxylic acids is 3. The van der Waals surface area contributed by atoms with Crippen molar-refractivity contribution in [3.8, 4) is 5.75 Å². The lowest BCUT2D eigenvalue weighted by Gasteiger charge is -2.21. The number of hydrogen-bond acceptors (Lipinski definition) is 4. The molecule has 90 valence electrons. The molecular formula is C12H8N2O4. The normalized spacial score (nSPS) is 15.4. The topological polar surface area (TPSA) is 79.6 Å². The molecule has 0 aliphatic carbocycles. The van der Waals surface area contributed by atoms with Gasteiger partial charge in [-0.3, -0.25) is 23.9 Å². The molecule has 0 saturated carbocycles. The lowest BCUT2D eigenvalue weighted by atomic mass is 10.2. The van der Waals surface area contributed by atoms with E-state index in [1.54, 1.807) is 12.1 Å². The molecule has 0 saturated heterocycles. The predicted molar refractivity (Wildman–Crippen MR) is 61.3 cm³/mol. The van der Waals surface area contributed by atoms with Crippen molar-refractivity contribution in [3.63, 3.8) is 0 Å². The van der Waals surface area contributed by atoms with E-state index in [9.17, 15) is 19.5 Å². The van der Waals surface area contributed by atoms with Crippen LogP contribution in [0, 0.1) is 0 Å². The fourth-order valence-corrected chi connectivity index (χ4v) is 2.11. The Balaban J connectivity index is 2.46. The average molecular weight is 244 g/mol. The van der Waals surface area contributed by atoms with Crippen LogP contribution in [-0.4, -0.2) is 39.3 Å². The molecule has 0 atom stereocenters. The number of nitrogens with zero attached hydrogens (tertiary/aromatic N) is 2. The Labute approximate surface area is 101 Å². The summed E-state index contributed by atoms with van der Waals surface area (Å²) in [6.45, 7) is 0. The number of likely N-dealkylation sites (N-methyl/N-ethyl adjacent to an activating group) is 1. The minimum atomic E-state index is -0.909. The molecule has 0 radical (unpaired) electrons. The van der Waals surface area contributed by atoms with Crippen LogP contribution in [0.15, 0.2) is 24.3 Å². The Morgan fingerprint density at radius 3 is 2.50 bits per heavy atom. The smallest absolute Gasteiger partial charge is 0.321 e. The first kappa shape index (κ1) is 10.5. The van der Waals surface area contributed by atoms with E-state index in [-0.39, 0.29) is 17.0 Å². The number of benzene rings is 1. The molecule has 1 aliphatic rings. The zero-order chi connectivity index (χ0) is 13.0. The summed E-state index contributed by atoms with van der Waals surface area (Å²) in [5.41, 5.74) is 0.269. The van der Waals surface area contributed by atoms with Gasteiger partial charge >= 0.3 is 11.8 Å². The van der Waals surface area contributed by atoms with Crippen LogP contribution in [0.4, 0.5) is 0 Å². The third-order valence-electron chi connectivity index (χ3n) is 3.02. The molecule has 6 nitrogen and oxygen atoms in total. The Kier molecular flexibility index (Phi) is 1.87. The van der Waals surface area contributed by atoms with Crippen molar-refractivity contribution in [2.24, 2.45) is 0 Å². The van der Waals surface area contributed by atoms with Gasteiger partial charge in [0.05, 0.1) is 5.52 Å². The van der Waals surface area contributed by atoms with Crippen molar-refractivity contribution in [1.82, 2.24) is 9.47 Å². The molecule has 2 aromatic rings. The molecule has 1 aliphatic heterocycles. The van der Waals surface area contributed by atoms with Crippen LogP contribution in [-0.2, 0) is 4.79 Å². The molecule has 0 bridgehead atoms. The van der Waals surface area contributed by atoms with E-state index in [4.69, 9.17) is 0 Å².